The predicted molar refractivity (Wildman–Crippen MR) is 31.7 cm³/mol. The van der Waals surface area contributed by atoms with E-state index in [1.807, 2.05) is 0 Å². The van der Waals surface area contributed by atoms with Crippen molar-refractivity contribution in [1.82, 2.24) is 0 Å². The molecule has 0 saturated carbocycles. The van der Waals surface area contributed by atoms with Gasteiger partial charge in [-0.3, -0.25) is 0 Å². The molecule has 0 heterocycles. The predicted octanol–water partition coefficient (Wildman–Crippen LogP) is -1.17. The van der Waals surface area contributed by atoms with Crippen molar-refractivity contribution < 1.29 is 0 Å². The summed E-state index contributed by atoms with van der Waals surface area (Å²) in [5, 5.41) is 0. The Labute approximate surface area is 48.2 Å². The molecule has 2 nitrogen and oxygen atoms in total. The second-order valence-electron chi connectivity index (χ2n) is 0.789. The summed E-state index contributed by atoms with van der Waals surface area (Å²) in [4.78, 5) is 0. The summed E-state index contributed by atoms with van der Waals surface area (Å²) < 4.78 is 0. The van der Waals surface area contributed by atoms with Crippen LogP contribution in [0.15, 0.2) is 0 Å². The van der Waals surface area contributed by atoms with Crippen LogP contribution in [0.2, 0.25) is 0 Å². The van der Waals surface area contributed by atoms with Crippen LogP contribution in [0.3, 0.4) is 0 Å². The van der Waals surface area contributed by atoms with Gasteiger partial charge in [0.05, 0.1) is 0 Å². The van der Waals surface area contributed by atoms with Crippen LogP contribution < -0.4 is 11.5 Å². The van der Waals surface area contributed by atoms with E-state index >= 15 is 0 Å². The van der Waals surface area contributed by atoms with Gasteiger partial charge >= 0.3 is 0 Å². The lowest BCUT2D eigenvalue weighted by molar-refractivity contribution is 1.74. The van der Waals surface area contributed by atoms with Gasteiger partial charge in [-0.15, -0.1) is 0 Å². The van der Waals surface area contributed by atoms with E-state index in [-0.39, 0.29) is 0 Å². The summed E-state index contributed by atoms with van der Waals surface area (Å²) in [6.45, 7) is 0. The van der Waals surface area contributed by atoms with Crippen LogP contribution in [0.5, 0.6) is 0 Å². The fourth-order valence-electron chi connectivity index (χ4n) is 0.135. The Morgan fingerprint density at radius 2 is 1.00 bits per heavy atom. The summed E-state index contributed by atoms with van der Waals surface area (Å²) in [6.07, 6.45) is 0. The molecule has 0 aliphatic rings. The Balaban J connectivity index is 3.75. The van der Waals surface area contributed by atoms with Gasteiger partial charge in [-0.05, 0) is 0 Å². The SMILES string of the molecule is NC#CC#CC#CN. The highest BCUT2D eigenvalue weighted by Crippen LogP contribution is 1.46. The Kier molecular flexibility index (Phi) is 4.14. The molecule has 0 spiro atoms. The van der Waals surface area contributed by atoms with Gasteiger partial charge < -0.3 is 11.5 Å². The third kappa shape index (κ3) is 4.28. The van der Waals surface area contributed by atoms with Gasteiger partial charge in [0.15, 0.2) is 0 Å². The van der Waals surface area contributed by atoms with Gasteiger partial charge in [-0.25, -0.2) is 0 Å². The standard InChI is InChI=1S/C6H4N2/c7-5-3-1-2-4-6-8/h7-8H2. The van der Waals surface area contributed by atoms with Crippen molar-refractivity contribution in [2.24, 2.45) is 11.5 Å². The average Bonchev–Trinajstić information content (AvgIpc) is 1.81. The topological polar surface area (TPSA) is 52.0 Å². The van der Waals surface area contributed by atoms with Crippen LogP contribution in [0.25, 0.3) is 0 Å². The monoisotopic (exact) mass is 104 g/mol. The van der Waals surface area contributed by atoms with E-state index in [1.54, 1.807) is 0 Å². The molecule has 0 fully saturated rings. The molecular weight excluding hydrogens is 100 g/mol. The van der Waals surface area contributed by atoms with Gasteiger partial charge in [0.1, 0.15) is 0 Å². The second-order valence-corrected chi connectivity index (χ2v) is 0.789. The first kappa shape index (κ1) is 6.28. The van der Waals surface area contributed by atoms with Crippen molar-refractivity contribution in [3.05, 3.63) is 0 Å². The van der Waals surface area contributed by atoms with Crippen molar-refractivity contribution in [2.75, 3.05) is 0 Å². The maximum absolute atomic E-state index is 4.77. The third-order valence-electron chi connectivity index (χ3n) is 0.332. The number of rotatable bonds is 0. The van der Waals surface area contributed by atoms with Crippen molar-refractivity contribution in [1.29, 1.82) is 0 Å². The lowest BCUT2D eigenvalue weighted by Gasteiger charge is -1.53. The minimum absolute atomic E-state index is 2.09. The fourth-order valence-corrected chi connectivity index (χ4v) is 0.135. The van der Waals surface area contributed by atoms with Crippen LogP contribution in [0.4, 0.5) is 0 Å². The largest absolute Gasteiger partial charge is 0.359 e. The first-order valence-corrected chi connectivity index (χ1v) is 1.83. The number of hydrogen-bond acceptors (Lipinski definition) is 2. The van der Waals surface area contributed by atoms with Gasteiger partial charge in [-0.2, -0.15) is 0 Å². The normalized spacial score (nSPS) is 3.50. The average molecular weight is 104 g/mol. The Morgan fingerprint density at radius 1 is 0.625 bits per heavy atom. The van der Waals surface area contributed by atoms with Crippen molar-refractivity contribution in [3.8, 4) is 35.8 Å². The highest BCUT2D eigenvalue weighted by Gasteiger charge is 1.48. The summed E-state index contributed by atoms with van der Waals surface area (Å²) in [5.41, 5.74) is 9.54. The summed E-state index contributed by atoms with van der Waals surface area (Å²) in [7, 11) is 0. The number of nitrogens with two attached hydrogens (primary N) is 2. The van der Waals surface area contributed by atoms with E-state index < -0.39 is 0 Å². The van der Waals surface area contributed by atoms with Crippen LogP contribution in [-0.2, 0) is 0 Å². The van der Waals surface area contributed by atoms with Crippen LogP contribution in [-0.4, -0.2) is 0 Å². The Bertz CT molecular complexity index is 196. The van der Waals surface area contributed by atoms with E-state index in [0.29, 0.717) is 0 Å². The molecule has 0 rings (SSSR count). The summed E-state index contributed by atoms with van der Waals surface area (Å²) in [6, 6.07) is 4.19. The molecule has 0 bridgehead atoms. The molecule has 0 aromatic heterocycles. The molecule has 4 N–H and O–H groups in total. The van der Waals surface area contributed by atoms with E-state index in [0.717, 1.165) is 0 Å². The smallest absolute Gasteiger partial charge is 0.0160 e. The molecule has 0 unspecified atom stereocenters. The van der Waals surface area contributed by atoms with E-state index in [1.165, 1.54) is 0 Å². The lowest BCUT2D eigenvalue weighted by Crippen LogP contribution is -1.75. The highest BCUT2D eigenvalue weighted by molar-refractivity contribution is 5.34. The molecule has 0 aliphatic carbocycles. The first-order valence-electron chi connectivity index (χ1n) is 1.83. The van der Waals surface area contributed by atoms with E-state index in [2.05, 4.69) is 35.8 Å². The summed E-state index contributed by atoms with van der Waals surface area (Å²) in [5.74, 6) is 9.28. The van der Waals surface area contributed by atoms with Crippen LogP contribution >= 0.6 is 0 Å². The molecular formula is C6H4N2. The van der Waals surface area contributed by atoms with Gasteiger partial charge in [0.25, 0.3) is 0 Å². The number of hydrogen-bond donors (Lipinski definition) is 2. The maximum Gasteiger partial charge on any atom is 0.0160 e. The van der Waals surface area contributed by atoms with Crippen LogP contribution in [0.1, 0.15) is 0 Å². The molecule has 8 heavy (non-hydrogen) atoms. The van der Waals surface area contributed by atoms with Crippen molar-refractivity contribution in [2.45, 2.75) is 0 Å². The fraction of sp³-hybridized carbons (Fsp3) is 0. The molecule has 0 amide bonds. The lowest BCUT2D eigenvalue weighted by atomic mass is 10.6. The first-order chi connectivity index (χ1) is 3.91. The van der Waals surface area contributed by atoms with Crippen molar-refractivity contribution >= 4 is 0 Å². The van der Waals surface area contributed by atoms with E-state index in [4.69, 9.17) is 11.5 Å². The zero-order valence-corrected chi connectivity index (χ0v) is 4.15. The molecule has 2 heteroatoms. The van der Waals surface area contributed by atoms with Gasteiger partial charge in [0.2, 0.25) is 0 Å². The Morgan fingerprint density at radius 3 is 1.25 bits per heavy atom. The highest BCUT2D eigenvalue weighted by atomic mass is 14.5. The summed E-state index contributed by atoms with van der Waals surface area (Å²) >= 11 is 0. The quantitative estimate of drug-likeness (QED) is 0.300. The molecule has 0 aromatic carbocycles. The molecule has 0 atom stereocenters. The molecule has 0 aromatic rings. The molecule has 38 valence electrons. The minimum atomic E-state index is 2.09. The Hall–Kier alpha value is -1.72. The van der Waals surface area contributed by atoms with Gasteiger partial charge in [0, 0.05) is 35.8 Å². The maximum atomic E-state index is 4.77. The molecule has 0 aliphatic heterocycles. The zero-order chi connectivity index (χ0) is 6.24. The van der Waals surface area contributed by atoms with E-state index in [9.17, 15) is 0 Å². The third-order valence-corrected chi connectivity index (χ3v) is 0.332. The van der Waals surface area contributed by atoms with Gasteiger partial charge in [-0.1, -0.05) is 0 Å². The zero-order valence-electron chi connectivity index (χ0n) is 4.15. The minimum Gasteiger partial charge on any atom is -0.359 e. The van der Waals surface area contributed by atoms with Crippen molar-refractivity contribution in [3.63, 3.8) is 0 Å². The molecule has 0 radical (unpaired) electrons. The second kappa shape index (κ2) is 5.28. The van der Waals surface area contributed by atoms with Crippen LogP contribution in [0, 0.1) is 35.8 Å². The molecule has 0 saturated heterocycles.